The van der Waals surface area contributed by atoms with Crippen molar-refractivity contribution in [1.29, 1.82) is 0 Å². The number of thiazole rings is 1. The number of benzene rings is 1. The van der Waals surface area contributed by atoms with Gasteiger partial charge in [0.25, 0.3) is 0 Å². The van der Waals surface area contributed by atoms with Crippen molar-refractivity contribution < 1.29 is 13.2 Å². The van der Waals surface area contributed by atoms with E-state index in [9.17, 15) is 13.2 Å². The van der Waals surface area contributed by atoms with Crippen LogP contribution in [0.2, 0.25) is 0 Å². The lowest BCUT2D eigenvalue weighted by molar-refractivity contribution is -0.117. The highest BCUT2D eigenvalue weighted by Gasteiger charge is 2.22. The number of hydrogen-bond donors (Lipinski definition) is 1. The van der Waals surface area contributed by atoms with Gasteiger partial charge in [-0.1, -0.05) is 13.8 Å². The Balaban J connectivity index is 1.54. The van der Waals surface area contributed by atoms with Crippen molar-refractivity contribution in [3.63, 3.8) is 0 Å². The van der Waals surface area contributed by atoms with E-state index in [2.05, 4.69) is 20.1 Å². The van der Waals surface area contributed by atoms with Gasteiger partial charge in [0, 0.05) is 56.5 Å². The van der Waals surface area contributed by atoms with Crippen molar-refractivity contribution in [2.75, 3.05) is 56.0 Å². The topological polar surface area (TPSA) is 85.8 Å². The van der Waals surface area contributed by atoms with Crippen LogP contribution in [-0.2, 0) is 14.8 Å². The van der Waals surface area contributed by atoms with Crippen LogP contribution in [0.5, 0.6) is 0 Å². The van der Waals surface area contributed by atoms with Crippen LogP contribution in [0.15, 0.2) is 40.7 Å². The van der Waals surface area contributed by atoms with Gasteiger partial charge in [-0.15, -0.1) is 11.3 Å². The fourth-order valence-electron chi connectivity index (χ4n) is 3.52. The molecule has 0 unspecified atom stereocenters. The molecule has 0 spiro atoms. The molecule has 1 aromatic heterocycles. The maximum atomic E-state index is 12.6. The van der Waals surface area contributed by atoms with E-state index in [0.717, 1.165) is 37.7 Å². The monoisotopic (exact) mass is 451 g/mol. The van der Waals surface area contributed by atoms with Gasteiger partial charge in [0.2, 0.25) is 15.9 Å². The number of carbonyl (C=O) groups excluding carboxylic acids is 1. The molecule has 1 saturated heterocycles. The molecule has 2 aromatic rings. The molecule has 0 aliphatic carbocycles. The molecular weight excluding hydrogens is 422 g/mol. The van der Waals surface area contributed by atoms with E-state index in [1.807, 2.05) is 25.4 Å². The summed E-state index contributed by atoms with van der Waals surface area (Å²) in [5.41, 5.74) is 0.595. The molecule has 0 atom stereocenters. The first-order valence-corrected chi connectivity index (χ1v) is 12.5. The standard InChI is InChI=1S/C20H29N5O3S2/c1-3-25(4-2)30(27,28)18-8-6-17(7-9-18)22-19(26)16-23-11-5-12-24(14-13-23)20-21-10-15-29-20/h6-10,15H,3-5,11-14,16H2,1-2H3,(H,22,26). The minimum Gasteiger partial charge on any atom is -0.347 e. The summed E-state index contributed by atoms with van der Waals surface area (Å²) in [5.74, 6) is -0.1000. The van der Waals surface area contributed by atoms with Gasteiger partial charge in [0.05, 0.1) is 11.4 Å². The molecule has 0 saturated carbocycles. The smallest absolute Gasteiger partial charge is 0.243 e. The molecule has 164 valence electrons. The predicted octanol–water partition coefficient (Wildman–Crippen LogP) is 2.32. The molecule has 10 heteroatoms. The molecule has 0 radical (unpaired) electrons. The molecule has 1 aliphatic heterocycles. The highest BCUT2D eigenvalue weighted by Crippen LogP contribution is 2.20. The maximum absolute atomic E-state index is 12.6. The lowest BCUT2D eigenvalue weighted by atomic mass is 10.3. The van der Waals surface area contributed by atoms with Crippen LogP contribution in [0.25, 0.3) is 0 Å². The quantitative estimate of drug-likeness (QED) is 0.663. The number of nitrogens with zero attached hydrogens (tertiary/aromatic N) is 4. The summed E-state index contributed by atoms with van der Waals surface area (Å²) in [6.07, 6.45) is 2.79. The molecule has 30 heavy (non-hydrogen) atoms. The first-order chi connectivity index (χ1) is 14.4. The summed E-state index contributed by atoms with van der Waals surface area (Å²) in [5, 5.41) is 5.88. The van der Waals surface area contributed by atoms with Crippen LogP contribution in [0.1, 0.15) is 20.3 Å². The zero-order valence-corrected chi connectivity index (χ0v) is 19.1. The molecule has 1 aromatic carbocycles. The molecule has 3 rings (SSSR count). The van der Waals surface area contributed by atoms with Gasteiger partial charge in [-0.2, -0.15) is 4.31 Å². The summed E-state index contributed by atoms with van der Waals surface area (Å²) in [4.78, 5) is 21.5. The minimum absolute atomic E-state index is 0.1000. The largest absolute Gasteiger partial charge is 0.347 e. The number of hydrogen-bond acceptors (Lipinski definition) is 7. The summed E-state index contributed by atoms with van der Waals surface area (Å²) in [6.45, 7) is 8.23. The Morgan fingerprint density at radius 3 is 2.50 bits per heavy atom. The molecule has 2 heterocycles. The molecule has 1 N–H and O–H groups in total. The van der Waals surface area contributed by atoms with E-state index < -0.39 is 10.0 Å². The van der Waals surface area contributed by atoms with Crippen LogP contribution in [0.3, 0.4) is 0 Å². The average molecular weight is 452 g/mol. The minimum atomic E-state index is -3.49. The number of sulfonamides is 1. The lowest BCUT2D eigenvalue weighted by Gasteiger charge is -2.21. The Kier molecular flexibility index (Phi) is 7.81. The second-order valence-electron chi connectivity index (χ2n) is 7.09. The van der Waals surface area contributed by atoms with Crippen LogP contribution in [0.4, 0.5) is 10.8 Å². The van der Waals surface area contributed by atoms with Gasteiger partial charge < -0.3 is 10.2 Å². The van der Waals surface area contributed by atoms with Crippen molar-refractivity contribution in [3.05, 3.63) is 35.8 Å². The van der Waals surface area contributed by atoms with Gasteiger partial charge in [0.15, 0.2) is 5.13 Å². The third kappa shape index (κ3) is 5.57. The lowest BCUT2D eigenvalue weighted by Crippen LogP contribution is -2.36. The van der Waals surface area contributed by atoms with Gasteiger partial charge in [-0.05, 0) is 30.7 Å². The van der Waals surface area contributed by atoms with Crippen LogP contribution in [0, 0.1) is 0 Å². The van der Waals surface area contributed by atoms with Crippen molar-refractivity contribution in [3.8, 4) is 0 Å². The fourth-order valence-corrected chi connectivity index (χ4v) is 5.67. The first kappa shape index (κ1) is 22.7. The molecular formula is C20H29N5O3S2. The van der Waals surface area contributed by atoms with Crippen molar-refractivity contribution in [2.45, 2.75) is 25.2 Å². The van der Waals surface area contributed by atoms with Gasteiger partial charge in [0.1, 0.15) is 0 Å². The fraction of sp³-hybridized carbons (Fsp3) is 0.500. The van der Waals surface area contributed by atoms with Crippen LogP contribution in [-0.4, -0.2) is 74.3 Å². The summed E-state index contributed by atoms with van der Waals surface area (Å²) in [6, 6.07) is 6.37. The van der Waals surface area contributed by atoms with Gasteiger partial charge >= 0.3 is 0 Å². The Bertz CT molecular complexity index is 912. The summed E-state index contributed by atoms with van der Waals surface area (Å²) >= 11 is 1.63. The maximum Gasteiger partial charge on any atom is 0.243 e. The van der Waals surface area contributed by atoms with E-state index in [1.54, 1.807) is 35.6 Å². The second-order valence-corrected chi connectivity index (χ2v) is 9.90. The number of nitrogens with one attached hydrogen (secondary N) is 1. The third-order valence-corrected chi connectivity index (χ3v) is 8.02. The average Bonchev–Trinajstić information content (AvgIpc) is 3.16. The number of aromatic nitrogens is 1. The van der Waals surface area contributed by atoms with E-state index >= 15 is 0 Å². The van der Waals surface area contributed by atoms with E-state index in [4.69, 9.17) is 0 Å². The van der Waals surface area contributed by atoms with Gasteiger partial charge in [-0.25, -0.2) is 13.4 Å². The third-order valence-electron chi connectivity index (χ3n) is 5.13. The molecule has 8 nitrogen and oxygen atoms in total. The van der Waals surface area contributed by atoms with Crippen molar-refractivity contribution in [1.82, 2.24) is 14.2 Å². The second kappa shape index (κ2) is 10.3. The van der Waals surface area contributed by atoms with Crippen molar-refractivity contribution in [2.24, 2.45) is 0 Å². The number of amides is 1. The highest BCUT2D eigenvalue weighted by atomic mass is 32.2. The van der Waals surface area contributed by atoms with E-state index in [0.29, 0.717) is 25.3 Å². The highest BCUT2D eigenvalue weighted by molar-refractivity contribution is 7.89. The number of rotatable bonds is 8. The molecule has 1 aliphatic rings. The Labute approximate surface area is 182 Å². The molecule has 1 amide bonds. The number of carbonyl (C=O) groups is 1. The summed E-state index contributed by atoms with van der Waals surface area (Å²) < 4.78 is 26.5. The van der Waals surface area contributed by atoms with E-state index in [1.165, 1.54) is 4.31 Å². The SMILES string of the molecule is CCN(CC)S(=O)(=O)c1ccc(NC(=O)CN2CCCN(c3nccs3)CC2)cc1. The zero-order valence-electron chi connectivity index (χ0n) is 17.5. The van der Waals surface area contributed by atoms with E-state index in [-0.39, 0.29) is 10.8 Å². The summed E-state index contributed by atoms with van der Waals surface area (Å²) in [7, 11) is -3.49. The normalized spacial score (nSPS) is 15.9. The predicted molar refractivity (Wildman–Crippen MR) is 121 cm³/mol. The van der Waals surface area contributed by atoms with Crippen LogP contribution >= 0.6 is 11.3 Å². The number of anilines is 2. The first-order valence-electron chi connectivity index (χ1n) is 10.2. The Morgan fingerprint density at radius 2 is 1.87 bits per heavy atom. The van der Waals surface area contributed by atoms with Gasteiger partial charge in [-0.3, -0.25) is 9.69 Å². The Morgan fingerprint density at radius 1 is 1.13 bits per heavy atom. The van der Waals surface area contributed by atoms with Crippen LogP contribution < -0.4 is 10.2 Å². The molecule has 1 fully saturated rings. The molecule has 0 bridgehead atoms. The Hall–Kier alpha value is -2.01. The van der Waals surface area contributed by atoms with Crippen molar-refractivity contribution >= 4 is 38.1 Å². The zero-order chi connectivity index (χ0) is 21.6.